The highest BCUT2D eigenvalue weighted by Gasteiger charge is 2.42. The van der Waals surface area contributed by atoms with Crippen molar-refractivity contribution in [2.45, 2.75) is 18.0 Å². The Kier molecular flexibility index (Phi) is 6.19. The van der Waals surface area contributed by atoms with E-state index in [1.807, 2.05) is 0 Å². The van der Waals surface area contributed by atoms with Crippen LogP contribution in [0.1, 0.15) is 12.6 Å². The van der Waals surface area contributed by atoms with Gasteiger partial charge in [-0.2, -0.15) is 18.3 Å². The Morgan fingerprint density at radius 1 is 1.23 bits per heavy atom. The van der Waals surface area contributed by atoms with Crippen LogP contribution in [0.2, 0.25) is 5.02 Å². The largest absolute Gasteiger partial charge is 0.481 e. The van der Waals surface area contributed by atoms with Crippen LogP contribution in [-0.2, 0) is 23.2 Å². The van der Waals surface area contributed by atoms with Crippen LogP contribution in [0.25, 0.3) is 11.1 Å². The van der Waals surface area contributed by atoms with Crippen LogP contribution in [0.5, 0.6) is 5.88 Å². The van der Waals surface area contributed by atoms with Gasteiger partial charge in [-0.3, -0.25) is 8.99 Å². The van der Waals surface area contributed by atoms with E-state index in [9.17, 15) is 21.6 Å². The fourth-order valence-corrected chi connectivity index (χ4v) is 4.89. The fourth-order valence-electron chi connectivity index (χ4n) is 3.07. The highest BCUT2D eigenvalue weighted by atomic mass is 35.5. The van der Waals surface area contributed by atoms with Crippen LogP contribution in [-0.4, -0.2) is 36.8 Å². The van der Waals surface area contributed by atoms with Crippen molar-refractivity contribution < 1.29 is 26.3 Å². The molecule has 0 unspecified atom stereocenters. The van der Waals surface area contributed by atoms with E-state index >= 15 is 0 Å². The number of sulfonamides is 1. The van der Waals surface area contributed by atoms with Gasteiger partial charge in [0.1, 0.15) is 4.90 Å². The lowest BCUT2D eigenvalue weighted by atomic mass is 10.1. The van der Waals surface area contributed by atoms with E-state index in [1.165, 1.54) is 39.4 Å². The van der Waals surface area contributed by atoms with Crippen molar-refractivity contribution in [3.05, 3.63) is 53.4 Å². The molecule has 0 bridgehead atoms. The van der Waals surface area contributed by atoms with E-state index in [0.29, 0.717) is 22.0 Å². The topological polar surface area (TPSA) is 77.3 Å². The van der Waals surface area contributed by atoms with E-state index in [0.717, 1.165) is 15.2 Å². The summed E-state index contributed by atoms with van der Waals surface area (Å²) in [5, 5.41) is 3.68. The summed E-state index contributed by atoms with van der Waals surface area (Å²) in [5.74, 6) is 0.322. The van der Waals surface area contributed by atoms with Crippen molar-refractivity contribution in [1.82, 2.24) is 14.8 Å². The molecule has 7 nitrogen and oxygen atoms in total. The van der Waals surface area contributed by atoms with E-state index in [-0.39, 0.29) is 12.2 Å². The summed E-state index contributed by atoms with van der Waals surface area (Å²) in [6.45, 7) is 1.44. The summed E-state index contributed by atoms with van der Waals surface area (Å²) in [5.41, 5.74) is -0.0440. The number of hydrogen-bond donors (Lipinski definition) is 0. The molecule has 0 saturated heterocycles. The molecule has 0 atom stereocenters. The monoisotopic (exact) mass is 474 g/mol. The number of ether oxygens (including phenoxy) is 1. The minimum atomic E-state index is -4.91. The molecule has 1 aromatic carbocycles. The molecule has 3 aromatic rings. The maximum atomic E-state index is 13.3. The molecule has 0 radical (unpaired) electrons. The van der Waals surface area contributed by atoms with Crippen molar-refractivity contribution in [1.29, 1.82) is 0 Å². The minimum absolute atomic E-state index is 0.0874. The summed E-state index contributed by atoms with van der Waals surface area (Å²) in [6.07, 6.45) is -2.64. The molecule has 2 aromatic heterocycles. The van der Waals surface area contributed by atoms with Crippen molar-refractivity contribution >= 4 is 27.3 Å². The second-order valence-electron chi connectivity index (χ2n) is 6.44. The standard InChI is InChI=1S/C19H18ClF3N4O3S/c1-4-27(31(28,29)16-11-26(2)25-17(16)19(21,22)23)14-7-5-12(6-8-14)15-9-13(20)10-24-18(15)30-3/h5-11H,4H2,1-3H3. The first-order chi connectivity index (χ1) is 14.5. The number of nitrogens with zero attached hydrogens (tertiary/aromatic N) is 4. The van der Waals surface area contributed by atoms with Gasteiger partial charge in [-0.05, 0) is 30.7 Å². The molecule has 0 amide bonds. The minimum Gasteiger partial charge on any atom is -0.481 e. The quantitative estimate of drug-likeness (QED) is 0.530. The highest BCUT2D eigenvalue weighted by Crippen LogP contribution is 2.36. The lowest BCUT2D eigenvalue weighted by Crippen LogP contribution is -2.32. The molecule has 3 rings (SSSR count). The normalized spacial score (nSPS) is 12.1. The molecule has 0 N–H and O–H groups in total. The number of alkyl halides is 3. The molecule has 2 heterocycles. The van der Waals surface area contributed by atoms with E-state index in [2.05, 4.69) is 10.1 Å². The average molecular weight is 475 g/mol. The van der Waals surface area contributed by atoms with Gasteiger partial charge < -0.3 is 4.74 Å². The first-order valence-corrected chi connectivity index (χ1v) is 10.7. The molecular weight excluding hydrogens is 457 g/mol. The van der Waals surface area contributed by atoms with Crippen LogP contribution in [0.3, 0.4) is 0 Å². The number of methoxy groups -OCH3 is 1. The number of aryl methyl sites for hydroxylation is 1. The number of hydrogen-bond acceptors (Lipinski definition) is 5. The van der Waals surface area contributed by atoms with Gasteiger partial charge in [0, 0.05) is 31.5 Å². The Bertz CT molecular complexity index is 1200. The molecule has 0 saturated carbocycles. The van der Waals surface area contributed by atoms with Gasteiger partial charge >= 0.3 is 6.18 Å². The third-order valence-corrected chi connectivity index (χ3v) is 6.51. The van der Waals surface area contributed by atoms with Crippen LogP contribution < -0.4 is 9.04 Å². The van der Waals surface area contributed by atoms with Crippen LogP contribution in [0.15, 0.2) is 47.6 Å². The lowest BCUT2D eigenvalue weighted by molar-refractivity contribution is -0.143. The Morgan fingerprint density at radius 2 is 1.87 bits per heavy atom. The zero-order valence-corrected chi connectivity index (χ0v) is 18.3. The Morgan fingerprint density at radius 3 is 2.42 bits per heavy atom. The number of pyridine rings is 1. The number of aromatic nitrogens is 3. The molecule has 166 valence electrons. The summed E-state index contributed by atoms with van der Waals surface area (Å²) in [4.78, 5) is 3.18. The lowest BCUT2D eigenvalue weighted by Gasteiger charge is -2.23. The highest BCUT2D eigenvalue weighted by molar-refractivity contribution is 7.92. The van der Waals surface area contributed by atoms with Crippen molar-refractivity contribution in [3.8, 4) is 17.0 Å². The van der Waals surface area contributed by atoms with Crippen LogP contribution >= 0.6 is 11.6 Å². The van der Waals surface area contributed by atoms with Crippen molar-refractivity contribution in [3.63, 3.8) is 0 Å². The summed E-state index contributed by atoms with van der Waals surface area (Å²) >= 11 is 6.00. The van der Waals surface area contributed by atoms with Gasteiger partial charge in [0.15, 0.2) is 5.69 Å². The zero-order chi connectivity index (χ0) is 23.0. The molecular formula is C19H18ClF3N4O3S. The number of halogens is 4. The second-order valence-corrected chi connectivity index (χ2v) is 8.71. The summed E-state index contributed by atoms with van der Waals surface area (Å²) in [7, 11) is -1.84. The molecule has 12 heteroatoms. The number of rotatable bonds is 6. The van der Waals surface area contributed by atoms with Gasteiger partial charge in [0.25, 0.3) is 10.0 Å². The first kappa shape index (κ1) is 22.9. The van der Waals surface area contributed by atoms with Crippen molar-refractivity contribution in [2.75, 3.05) is 18.0 Å². The van der Waals surface area contributed by atoms with Gasteiger partial charge in [-0.15, -0.1) is 0 Å². The second kappa shape index (κ2) is 8.39. The smallest absolute Gasteiger partial charge is 0.436 e. The Hall–Kier alpha value is -2.79. The zero-order valence-electron chi connectivity index (χ0n) is 16.7. The fraction of sp³-hybridized carbons (Fsp3) is 0.263. The maximum Gasteiger partial charge on any atom is 0.436 e. The predicted octanol–water partition coefficient (Wildman–Crippen LogP) is 4.38. The van der Waals surface area contributed by atoms with Gasteiger partial charge in [-0.1, -0.05) is 23.7 Å². The SMILES string of the molecule is CCN(c1ccc(-c2cc(Cl)cnc2OC)cc1)S(=O)(=O)c1cn(C)nc1C(F)(F)F. The van der Waals surface area contributed by atoms with E-state index in [4.69, 9.17) is 16.3 Å². The van der Waals surface area contributed by atoms with Gasteiger partial charge in [-0.25, -0.2) is 13.4 Å². The first-order valence-electron chi connectivity index (χ1n) is 8.92. The van der Waals surface area contributed by atoms with Crippen molar-refractivity contribution in [2.24, 2.45) is 7.05 Å². The number of benzene rings is 1. The molecule has 0 fully saturated rings. The van der Waals surface area contributed by atoms with E-state index < -0.39 is 26.8 Å². The Labute approximate surface area is 182 Å². The third kappa shape index (κ3) is 4.47. The molecule has 0 aliphatic heterocycles. The maximum absolute atomic E-state index is 13.3. The average Bonchev–Trinajstić information content (AvgIpc) is 3.12. The molecule has 0 aliphatic rings. The summed E-state index contributed by atoms with van der Waals surface area (Å²) in [6, 6.07) is 7.83. The molecule has 0 aliphatic carbocycles. The van der Waals surface area contributed by atoms with Gasteiger partial charge in [0.2, 0.25) is 5.88 Å². The van der Waals surface area contributed by atoms with Crippen LogP contribution in [0, 0.1) is 0 Å². The summed E-state index contributed by atoms with van der Waals surface area (Å²) < 4.78 is 73.0. The van der Waals surface area contributed by atoms with Gasteiger partial charge in [0.05, 0.1) is 17.8 Å². The van der Waals surface area contributed by atoms with Crippen LogP contribution in [0.4, 0.5) is 18.9 Å². The third-order valence-electron chi connectivity index (χ3n) is 4.40. The molecule has 0 spiro atoms. The van der Waals surface area contributed by atoms with E-state index in [1.54, 1.807) is 18.2 Å². The number of anilines is 1. The predicted molar refractivity (Wildman–Crippen MR) is 110 cm³/mol. The molecule has 31 heavy (non-hydrogen) atoms. The Balaban J connectivity index is 2.04.